The standard InChI is InChI=1S/C14H18N4/c1-3-15-13-8-14(18-10-17-13)16-9-12-6-4-11(2)5-7-12/h4-8,10H,3,9H2,1-2H3,(H2,15,16,17,18). The van der Waals surface area contributed by atoms with Crippen molar-refractivity contribution in [2.75, 3.05) is 17.2 Å². The highest BCUT2D eigenvalue weighted by Crippen LogP contribution is 2.10. The molecule has 0 saturated heterocycles. The highest BCUT2D eigenvalue weighted by atomic mass is 15.1. The zero-order valence-electron chi connectivity index (χ0n) is 10.8. The van der Waals surface area contributed by atoms with Gasteiger partial charge in [0.25, 0.3) is 0 Å². The summed E-state index contributed by atoms with van der Waals surface area (Å²) in [4.78, 5) is 8.33. The Bertz CT molecular complexity index is 493. The number of aryl methyl sites for hydroxylation is 1. The van der Waals surface area contributed by atoms with Gasteiger partial charge in [-0.15, -0.1) is 0 Å². The number of hydrogen-bond donors (Lipinski definition) is 2. The molecule has 2 N–H and O–H groups in total. The molecule has 2 rings (SSSR count). The van der Waals surface area contributed by atoms with Crippen LogP contribution in [0.1, 0.15) is 18.1 Å². The summed E-state index contributed by atoms with van der Waals surface area (Å²) in [5, 5.41) is 6.45. The molecule has 0 aliphatic heterocycles. The monoisotopic (exact) mass is 242 g/mol. The summed E-state index contributed by atoms with van der Waals surface area (Å²) in [5.74, 6) is 1.68. The predicted octanol–water partition coefficient (Wildman–Crippen LogP) is 2.83. The van der Waals surface area contributed by atoms with Gasteiger partial charge < -0.3 is 10.6 Å². The molecule has 0 saturated carbocycles. The summed E-state index contributed by atoms with van der Waals surface area (Å²) in [6, 6.07) is 10.4. The van der Waals surface area contributed by atoms with Crippen LogP contribution in [0.2, 0.25) is 0 Å². The van der Waals surface area contributed by atoms with Crippen LogP contribution in [-0.4, -0.2) is 16.5 Å². The largest absolute Gasteiger partial charge is 0.370 e. The maximum Gasteiger partial charge on any atom is 0.131 e. The number of nitrogens with zero attached hydrogens (tertiary/aromatic N) is 2. The fraction of sp³-hybridized carbons (Fsp3) is 0.286. The topological polar surface area (TPSA) is 49.8 Å². The lowest BCUT2D eigenvalue weighted by Gasteiger charge is -2.07. The van der Waals surface area contributed by atoms with Gasteiger partial charge in [-0.1, -0.05) is 29.8 Å². The highest BCUT2D eigenvalue weighted by Gasteiger charge is 1.98. The molecule has 1 aromatic heterocycles. The summed E-state index contributed by atoms with van der Waals surface area (Å²) >= 11 is 0. The van der Waals surface area contributed by atoms with E-state index in [0.29, 0.717) is 0 Å². The summed E-state index contributed by atoms with van der Waals surface area (Å²) in [7, 11) is 0. The second-order valence-electron chi connectivity index (χ2n) is 4.16. The van der Waals surface area contributed by atoms with E-state index in [0.717, 1.165) is 24.7 Å². The molecule has 0 radical (unpaired) electrons. The summed E-state index contributed by atoms with van der Waals surface area (Å²) in [5.41, 5.74) is 2.51. The van der Waals surface area contributed by atoms with E-state index < -0.39 is 0 Å². The van der Waals surface area contributed by atoms with E-state index in [-0.39, 0.29) is 0 Å². The molecule has 1 aromatic carbocycles. The third-order valence-corrected chi connectivity index (χ3v) is 2.62. The summed E-state index contributed by atoms with van der Waals surface area (Å²) in [6.07, 6.45) is 1.56. The fourth-order valence-corrected chi connectivity index (χ4v) is 1.63. The smallest absolute Gasteiger partial charge is 0.131 e. The van der Waals surface area contributed by atoms with Gasteiger partial charge >= 0.3 is 0 Å². The summed E-state index contributed by atoms with van der Waals surface area (Å²) in [6.45, 7) is 5.75. The fourth-order valence-electron chi connectivity index (χ4n) is 1.63. The first-order chi connectivity index (χ1) is 8.78. The Hall–Kier alpha value is -2.10. The van der Waals surface area contributed by atoms with Gasteiger partial charge in [0.05, 0.1) is 0 Å². The molecular formula is C14H18N4. The third kappa shape index (κ3) is 3.45. The lowest BCUT2D eigenvalue weighted by Crippen LogP contribution is -2.04. The third-order valence-electron chi connectivity index (χ3n) is 2.62. The molecule has 0 atom stereocenters. The molecule has 0 amide bonds. The van der Waals surface area contributed by atoms with Crippen LogP contribution in [0.4, 0.5) is 11.6 Å². The number of hydrogen-bond acceptors (Lipinski definition) is 4. The van der Waals surface area contributed by atoms with E-state index >= 15 is 0 Å². The van der Waals surface area contributed by atoms with Crippen LogP contribution < -0.4 is 10.6 Å². The first-order valence-corrected chi connectivity index (χ1v) is 6.13. The number of aromatic nitrogens is 2. The Morgan fingerprint density at radius 1 is 1.00 bits per heavy atom. The molecule has 18 heavy (non-hydrogen) atoms. The van der Waals surface area contributed by atoms with Crippen molar-refractivity contribution < 1.29 is 0 Å². The van der Waals surface area contributed by atoms with Crippen LogP contribution in [0.3, 0.4) is 0 Å². The zero-order chi connectivity index (χ0) is 12.8. The number of anilines is 2. The highest BCUT2D eigenvalue weighted by molar-refractivity contribution is 5.46. The molecule has 4 nitrogen and oxygen atoms in total. The molecule has 94 valence electrons. The lowest BCUT2D eigenvalue weighted by atomic mass is 10.1. The molecule has 0 fully saturated rings. The number of rotatable bonds is 5. The Labute approximate surface area is 107 Å². The number of benzene rings is 1. The number of nitrogens with one attached hydrogen (secondary N) is 2. The van der Waals surface area contributed by atoms with Crippen LogP contribution in [-0.2, 0) is 6.54 Å². The molecule has 2 aromatic rings. The quantitative estimate of drug-likeness (QED) is 0.846. The zero-order valence-corrected chi connectivity index (χ0v) is 10.8. The van der Waals surface area contributed by atoms with E-state index in [1.165, 1.54) is 11.1 Å². The van der Waals surface area contributed by atoms with E-state index in [1.54, 1.807) is 6.33 Å². The van der Waals surface area contributed by atoms with Crippen LogP contribution >= 0.6 is 0 Å². The van der Waals surface area contributed by atoms with Gasteiger partial charge in [0.15, 0.2) is 0 Å². The predicted molar refractivity (Wildman–Crippen MR) is 74.7 cm³/mol. The van der Waals surface area contributed by atoms with Crippen LogP contribution in [0.25, 0.3) is 0 Å². The van der Waals surface area contributed by atoms with E-state index in [4.69, 9.17) is 0 Å². The van der Waals surface area contributed by atoms with Gasteiger partial charge in [0.2, 0.25) is 0 Å². The second-order valence-corrected chi connectivity index (χ2v) is 4.16. The molecule has 4 heteroatoms. The van der Waals surface area contributed by atoms with E-state index in [2.05, 4.69) is 51.8 Å². The molecule has 0 spiro atoms. The van der Waals surface area contributed by atoms with Crippen molar-refractivity contribution >= 4 is 11.6 Å². The molecule has 0 bridgehead atoms. The first kappa shape index (κ1) is 12.4. The van der Waals surface area contributed by atoms with Gasteiger partial charge in [0, 0.05) is 19.2 Å². The van der Waals surface area contributed by atoms with Crippen molar-refractivity contribution in [2.24, 2.45) is 0 Å². The minimum Gasteiger partial charge on any atom is -0.370 e. The van der Waals surface area contributed by atoms with Crippen molar-refractivity contribution in [3.05, 3.63) is 47.8 Å². The minimum atomic E-state index is 0.767. The Balaban J connectivity index is 1.97. The van der Waals surface area contributed by atoms with Crippen molar-refractivity contribution in [3.63, 3.8) is 0 Å². The normalized spacial score (nSPS) is 10.1. The van der Waals surface area contributed by atoms with Crippen LogP contribution in [0, 0.1) is 6.92 Å². The molecule has 0 aliphatic rings. The second kappa shape index (κ2) is 6.00. The van der Waals surface area contributed by atoms with E-state index in [9.17, 15) is 0 Å². The molecule has 1 heterocycles. The maximum atomic E-state index is 4.19. The van der Waals surface area contributed by atoms with Gasteiger partial charge in [-0.25, -0.2) is 9.97 Å². The molecule has 0 aliphatic carbocycles. The van der Waals surface area contributed by atoms with Crippen molar-refractivity contribution in [1.29, 1.82) is 0 Å². The van der Waals surface area contributed by atoms with Gasteiger partial charge in [-0.05, 0) is 19.4 Å². The van der Waals surface area contributed by atoms with Gasteiger partial charge in [0.1, 0.15) is 18.0 Å². The average molecular weight is 242 g/mol. The minimum absolute atomic E-state index is 0.767. The molecular weight excluding hydrogens is 224 g/mol. The van der Waals surface area contributed by atoms with E-state index in [1.807, 2.05) is 13.0 Å². The SMILES string of the molecule is CCNc1cc(NCc2ccc(C)cc2)ncn1. The average Bonchev–Trinajstić information content (AvgIpc) is 2.39. The first-order valence-electron chi connectivity index (χ1n) is 6.13. The van der Waals surface area contributed by atoms with Crippen LogP contribution in [0.15, 0.2) is 36.7 Å². The van der Waals surface area contributed by atoms with Crippen molar-refractivity contribution in [2.45, 2.75) is 20.4 Å². The lowest BCUT2D eigenvalue weighted by molar-refractivity contribution is 1.07. The Morgan fingerprint density at radius 2 is 1.67 bits per heavy atom. The van der Waals surface area contributed by atoms with Gasteiger partial charge in [-0.2, -0.15) is 0 Å². The van der Waals surface area contributed by atoms with Gasteiger partial charge in [-0.3, -0.25) is 0 Å². The summed E-state index contributed by atoms with van der Waals surface area (Å²) < 4.78 is 0. The maximum absolute atomic E-state index is 4.19. The van der Waals surface area contributed by atoms with Crippen molar-refractivity contribution in [3.8, 4) is 0 Å². The Morgan fingerprint density at radius 3 is 2.33 bits per heavy atom. The molecule has 0 unspecified atom stereocenters. The van der Waals surface area contributed by atoms with Crippen LogP contribution in [0.5, 0.6) is 0 Å². The Kier molecular flexibility index (Phi) is 4.12. The van der Waals surface area contributed by atoms with Crippen molar-refractivity contribution in [1.82, 2.24) is 9.97 Å².